The average molecular weight is 231 g/mol. The molecule has 0 saturated carbocycles. The van der Waals surface area contributed by atoms with Crippen LogP contribution in [0.5, 0.6) is 0 Å². The molecule has 0 aromatic rings. The van der Waals surface area contributed by atoms with Gasteiger partial charge < -0.3 is 0 Å². The fraction of sp³-hybridized carbons (Fsp3) is 1.00. The van der Waals surface area contributed by atoms with Crippen LogP contribution < -0.4 is 0 Å². The van der Waals surface area contributed by atoms with Crippen LogP contribution in [0.4, 0.5) is 0 Å². The van der Waals surface area contributed by atoms with Crippen molar-refractivity contribution in [3.05, 3.63) is 0 Å². The molecule has 0 bridgehead atoms. The Hall–Kier alpha value is 1.40. The molecule has 0 spiro atoms. The van der Waals surface area contributed by atoms with Gasteiger partial charge in [0.05, 0.1) is 0 Å². The Balaban J connectivity index is 0. The van der Waals surface area contributed by atoms with E-state index in [0.717, 1.165) is 0 Å². The summed E-state index contributed by atoms with van der Waals surface area (Å²) in [6.45, 7) is 4.42. The van der Waals surface area contributed by atoms with Crippen molar-refractivity contribution in [3.8, 4) is 0 Å². The van der Waals surface area contributed by atoms with Crippen molar-refractivity contribution >= 4 is 30.1 Å². The molecule has 4 heteroatoms. The molecule has 0 aromatic carbocycles. The predicted octanol–water partition coefficient (Wildman–Crippen LogP) is 4.26. The Morgan fingerprint density at radius 1 is 1.00 bits per heavy atom. The van der Waals surface area contributed by atoms with E-state index in [0.29, 0.717) is 0 Å². The van der Waals surface area contributed by atoms with E-state index >= 15 is 0 Å². The third-order valence-corrected chi connectivity index (χ3v) is 0.707. The van der Waals surface area contributed by atoms with Crippen molar-refractivity contribution in [1.29, 1.82) is 0 Å². The van der Waals surface area contributed by atoms with E-state index < -0.39 is 11.4 Å². The van der Waals surface area contributed by atoms with Crippen LogP contribution in [0, 0.1) is 0 Å². The molecule has 59 valence electrons. The molecule has 0 rings (SSSR count). The van der Waals surface area contributed by atoms with Crippen LogP contribution in [0.2, 0.25) is 0 Å². The second kappa shape index (κ2) is 12.1. The zero-order chi connectivity index (χ0) is 7.70. The van der Waals surface area contributed by atoms with E-state index in [1.807, 2.05) is 0 Å². The van der Waals surface area contributed by atoms with Crippen molar-refractivity contribution in [2.75, 3.05) is 0 Å². The zero-order valence-electron chi connectivity index (χ0n) is 5.66. The first kappa shape index (κ1) is 13.0. The van der Waals surface area contributed by atoms with Crippen molar-refractivity contribution in [1.82, 2.24) is 0 Å². The number of hydrogen-bond acceptors (Lipinski definition) is 0. The average Bonchev–Trinajstić information content (AvgIpc) is 1.66. The standard InChI is InChI=1S/C5H12.3ClH.Cr/c1-3-5-4-2;;;;/h3-5H2,1-2H3;3*1H;/q;;;;+3/p-3. The maximum absolute atomic E-state index is 4.93. The van der Waals surface area contributed by atoms with Crippen LogP contribution in [0.15, 0.2) is 0 Å². The first-order valence-corrected chi connectivity index (χ1v) is 8.14. The fourth-order valence-electron chi connectivity index (χ4n) is 0.354. The monoisotopic (exact) mass is 229 g/mol. The summed E-state index contributed by atoms with van der Waals surface area (Å²) in [6, 6.07) is 0. The molecular weight excluding hydrogens is 218 g/mol. The summed E-state index contributed by atoms with van der Waals surface area (Å²) in [6.07, 6.45) is 4.08. The van der Waals surface area contributed by atoms with E-state index in [9.17, 15) is 0 Å². The topological polar surface area (TPSA) is 0 Å². The molecule has 0 aliphatic heterocycles. The van der Waals surface area contributed by atoms with Crippen molar-refractivity contribution in [3.63, 3.8) is 0 Å². The van der Waals surface area contributed by atoms with E-state index in [-0.39, 0.29) is 0 Å². The van der Waals surface area contributed by atoms with Gasteiger partial charge in [0.25, 0.3) is 0 Å². The van der Waals surface area contributed by atoms with Gasteiger partial charge in [-0.1, -0.05) is 33.1 Å². The van der Waals surface area contributed by atoms with Crippen LogP contribution in [-0.4, -0.2) is 0 Å². The molecule has 0 atom stereocenters. The van der Waals surface area contributed by atoms with E-state index in [1.165, 1.54) is 19.3 Å². The van der Waals surface area contributed by atoms with Gasteiger partial charge in [-0.3, -0.25) is 0 Å². The number of hydrogen-bond donors (Lipinski definition) is 0. The summed E-state index contributed by atoms with van der Waals surface area (Å²) >= 11 is -1.62. The van der Waals surface area contributed by atoms with Gasteiger partial charge in [-0.05, 0) is 0 Å². The first-order valence-electron chi connectivity index (χ1n) is 2.88. The van der Waals surface area contributed by atoms with Gasteiger partial charge >= 0.3 is 41.5 Å². The maximum atomic E-state index is 4.93. The van der Waals surface area contributed by atoms with Crippen molar-refractivity contribution in [2.45, 2.75) is 33.1 Å². The Bertz CT molecular complexity index is 36.4. The minimum absolute atomic E-state index is 1.34. The van der Waals surface area contributed by atoms with Crippen molar-refractivity contribution < 1.29 is 11.4 Å². The van der Waals surface area contributed by atoms with Crippen LogP contribution in [0.1, 0.15) is 33.1 Å². The third-order valence-electron chi connectivity index (χ3n) is 0.707. The molecule has 0 radical (unpaired) electrons. The van der Waals surface area contributed by atoms with Crippen molar-refractivity contribution in [2.24, 2.45) is 0 Å². The van der Waals surface area contributed by atoms with Gasteiger partial charge in [0.2, 0.25) is 0 Å². The van der Waals surface area contributed by atoms with Gasteiger partial charge in [-0.15, -0.1) is 0 Å². The molecule has 0 aromatic heterocycles. The van der Waals surface area contributed by atoms with Gasteiger partial charge in [-0.25, -0.2) is 0 Å². The second-order valence-corrected chi connectivity index (χ2v) is 7.85. The first-order chi connectivity index (χ1) is 4.15. The van der Waals surface area contributed by atoms with E-state index in [2.05, 4.69) is 13.8 Å². The number of halogens is 3. The molecule has 0 unspecified atom stereocenters. The molecule has 0 aliphatic rings. The number of unbranched alkanes of at least 4 members (excludes halogenated alkanes) is 2. The summed E-state index contributed by atoms with van der Waals surface area (Å²) in [5.74, 6) is 0. The quantitative estimate of drug-likeness (QED) is 0.665. The predicted molar refractivity (Wildman–Crippen MR) is 42.8 cm³/mol. The normalized spacial score (nSPS) is 8.67. The molecule has 0 aliphatic carbocycles. The summed E-state index contributed by atoms with van der Waals surface area (Å²) in [5.41, 5.74) is 0. The molecule has 0 nitrogen and oxygen atoms in total. The molecule has 9 heavy (non-hydrogen) atoms. The van der Waals surface area contributed by atoms with Gasteiger partial charge in [0, 0.05) is 0 Å². The third kappa shape index (κ3) is 44.5. The Kier molecular flexibility index (Phi) is 17.5. The minimum atomic E-state index is -1.62. The SMILES string of the molecule is CCCCC.[Cl][Cr]([Cl])[Cl]. The van der Waals surface area contributed by atoms with Gasteiger partial charge in [0.1, 0.15) is 0 Å². The van der Waals surface area contributed by atoms with Crippen LogP contribution in [0.25, 0.3) is 0 Å². The van der Waals surface area contributed by atoms with E-state index in [4.69, 9.17) is 30.1 Å². The van der Waals surface area contributed by atoms with Crippen LogP contribution in [0.3, 0.4) is 0 Å². The molecular formula is C5H12Cl3Cr. The zero-order valence-corrected chi connectivity index (χ0v) is 9.21. The second-order valence-electron chi connectivity index (χ2n) is 1.53. The Morgan fingerprint density at radius 2 is 1.22 bits per heavy atom. The Labute approximate surface area is 74.5 Å². The number of rotatable bonds is 2. The Morgan fingerprint density at radius 3 is 1.22 bits per heavy atom. The van der Waals surface area contributed by atoms with Gasteiger partial charge in [0.15, 0.2) is 0 Å². The fourth-order valence-corrected chi connectivity index (χ4v) is 0.354. The molecule has 0 N–H and O–H groups in total. The van der Waals surface area contributed by atoms with Crippen LogP contribution in [-0.2, 0) is 11.4 Å². The van der Waals surface area contributed by atoms with Gasteiger partial charge in [-0.2, -0.15) is 0 Å². The molecule has 0 amide bonds. The molecule has 0 fully saturated rings. The van der Waals surface area contributed by atoms with E-state index in [1.54, 1.807) is 0 Å². The summed E-state index contributed by atoms with van der Waals surface area (Å²) in [5, 5.41) is 0. The molecule has 0 saturated heterocycles. The summed E-state index contributed by atoms with van der Waals surface area (Å²) < 4.78 is 0. The summed E-state index contributed by atoms with van der Waals surface area (Å²) in [4.78, 5) is 0. The molecule has 0 heterocycles. The van der Waals surface area contributed by atoms with Crippen LogP contribution >= 0.6 is 30.1 Å². The summed E-state index contributed by atoms with van der Waals surface area (Å²) in [7, 11) is 14.8.